The minimum atomic E-state index is -4.40. The van der Waals surface area contributed by atoms with Gasteiger partial charge in [-0.15, -0.1) is 0 Å². The van der Waals surface area contributed by atoms with Gasteiger partial charge in [-0.1, -0.05) is 24.3 Å². The fourth-order valence-electron chi connectivity index (χ4n) is 3.29. The van der Waals surface area contributed by atoms with Crippen LogP contribution in [0.4, 0.5) is 13.2 Å². The lowest BCUT2D eigenvalue weighted by Crippen LogP contribution is -2.28. The van der Waals surface area contributed by atoms with Crippen molar-refractivity contribution in [3.8, 4) is 5.75 Å². The second kappa shape index (κ2) is 7.86. The van der Waals surface area contributed by atoms with Crippen molar-refractivity contribution in [3.63, 3.8) is 0 Å². The second-order valence-corrected chi connectivity index (χ2v) is 6.42. The highest BCUT2D eigenvalue weighted by Gasteiger charge is 2.30. The van der Waals surface area contributed by atoms with E-state index in [-0.39, 0.29) is 11.9 Å². The summed E-state index contributed by atoms with van der Waals surface area (Å²) in [6.45, 7) is 0.627. The molecular weight excluding hydrogens is 355 g/mol. The summed E-state index contributed by atoms with van der Waals surface area (Å²) in [7, 11) is 1.60. The van der Waals surface area contributed by atoms with E-state index in [1.807, 2.05) is 24.3 Å². The Labute approximate surface area is 156 Å². The molecular formula is C21H20F3NO2. The Hall–Kier alpha value is -2.76. The summed E-state index contributed by atoms with van der Waals surface area (Å²) in [5.74, 6) is 0.546. The average Bonchev–Trinajstić information content (AvgIpc) is 3.15. The molecule has 0 radical (unpaired) electrons. The van der Waals surface area contributed by atoms with Crippen LogP contribution in [0.15, 0.2) is 54.6 Å². The van der Waals surface area contributed by atoms with E-state index < -0.39 is 11.7 Å². The van der Waals surface area contributed by atoms with Crippen molar-refractivity contribution in [1.29, 1.82) is 0 Å². The van der Waals surface area contributed by atoms with E-state index in [2.05, 4.69) is 0 Å². The largest absolute Gasteiger partial charge is 0.497 e. The molecule has 0 aromatic heterocycles. The molecule has 2 aromatic carbocycles. The summed E-state index contributed by atoms with van der Waals surface area (Å²) in [4.78, 5) is 14.4. The van der Waals surface area contributed by atoms with Crippen LogP contribution in [-0.4, -0.2) is 24.5 Å². The van der Waals surface area contributed by atoms with Crippen LogP contribution in [0.2, 0.25) is 0 Å². The SMILES string of the molecule is COc1ccc([C@H]2CCCN2C(=O)/C=C/c2cccc(C(F)(F)F)c2)cc1. The maximum Gasteiger partial charge on any atom is 0.416 e. The van der Waals surface area contributed by atoms with Gasteiger partial charge in [-0.2, -0.15) is 13.2 Å². The van der Waals surface area contributed by atoms with Crippen molar-refractivity contribution in [2.75, 3.05) is 13.7 Å². The lowest BCUT2D eigenvalue weighted by molar-refractivity contribution is -0.137. The van der Waals surface area contributed by atoms with Gasteiger partial charge in [0.1, 0.15) is 5.75 Å². The molecule has 0 aliphatic carbocycles. The summed E-state index contributed by atoms with van der Waals surface area (Å²) < 4.78 is 43.5. The Bertz CT molecular complexity index is 828. The summed E-state index contributed by atoms with van der Waals surface area (Å²) >= 11 is 0. The molecule has 0 unspecified atom stereocenters. The first kappa shape index (κ1) is 19.0. The zero-order chi connectivity index (χ0) is 19.4. The topological polar surface area (TPSA) is 29.5 Å². The second-order valence-electron chi connectivity index (χ2n) is 6.42. The van der Waals surface area contributed by atoms with Gasteiger partial charge in [0.2, 0.25) is 5.91 Å². The zero-order valence-corrected chi connectivity index (χ0v) is 14.9. The van der Waals surface area contributed by atoms with Gasteiger partial charge in [0.05, 0.1) is 18.7 Å². The van der Waals surface area contributed by atoms with Gasteiger partial charge in [0, 0.05) is 12.6 Å². The lowest BCUT2D eigenvalue weighted by Gasteiger charge is -2.24. The Kier molecular flexibility index (Phi) is 5.54. The van der Waals surface area contributed by atoms with Crippen LogP contribution in [0.1, 0.15) is 35.6 Å². The van der Waals surface area contributed by atoms with Crippen LogP contribution < -0.4 is 4.74 Å². The highest BCUT2D eigenvalue weighted by molar-refractivity contribution is 5.92. The zero-order valence-electron chi connectivity index (χ0n) is 14.9. The van der Waals surface area contributed by atoms with E-state index in [0.29, 0.717) is 12.1 Å². The van der Waals surface area contributed by atoms with Crippen molar-refractivity contribution >= 4 is 12.0 Å². The number of alkyl halides is 3. The third-order valence-corrected chi connectivity index (χ3v) is 4.67. The van der Waals surface area contributed by atoms with E-state index in [4.69, 9.17) is 4.74 Å². The first-order valence-corrected chi connectivity index (χ1v) is 8.68. The number of amides is 1. The van der Waals surface area contributed by atoms with Crippen molar-refractivity contribution in [3.05, 3.63) is 71.3 Å². The van der Waals surface area contributed by atoms with Crippen LogP contribution in [0.3, 0.4) is 0 Å². The van der Waals surface area contributed by atoms with Gasteiger partial charge < -0.3 is 9.64 Å². The van der Waals surface area contributed by atoms with Gasteiger partial charge in [-0.05, 0) is 54.3 Å². The molecule has 6 heteroatoms. The van der Waals surface area contributed by atoms with Crippen LogP contribution in [0.5, 0.6) is 5.75 Å². The Morgan fingerprint density at radius 3 is 2.59 bits per heavy atom. The average molecular weight is 375 g/mol. The minimum Gasteiger partial charge on any atom is -0.497 e. The maximum atomic E-state index is 12.8. The van der Waals surface area contributed by atoms with Crippen molar-refractivity contribution in [1.82, 2.24) is 4.90 Å². The van der Waals surface area contributed by atoms with E-state index >= 15 is 0 Å². The fourth-order valence-corrected chi connectivity index (χ4v) is 3.29. The molecule has 142 valence electrons. The van der Waals surface area contributed by atoms with Crippen LogP contribution in [-0.2, 0) is 11.0 Å². The number of halogens is 3. The number of carbonyl (C=O) groups excluding carboxylic acids is 1. The number of rotatable bonds is 4. The molecule has 1 aliphatic heterocycles. The first-order valence-electron chi connectivity index (χ1n) is 8.68. The highest BCUT2D eigenvalue weighted by atomic mass is 19.4. The highest BCUT2D eigenvalue weighted by Crippen LogP contribution is 2.33. The number of ether oxygens (including phenoxy) is 1. The molecule has 0 bridgehead atoms. The molecule has 2 aromatic rings. The normalized spacial score (nSPS) is 17.5. The summed E-state index contributed by atoms with van der Waals surface area (Å²) in [5.41, 5.74) is 0.641. The third-order valence-electron chi connectivity index (χ3n) is 4.67. The molecule has 1 amide bonds. The van der Waals surface area contributed by atoms with Crippen molar-refractivity contribution in [2.45, 2.75) is 25.1 Å². The number of methoxy groups -OCH3 is 1. The molecule has 1 heterocycles. The van der Waals surface area contributed by atoms with Gasteiger partial charge in [-0.3, -0.25) is 4.79 Å². The Morgan fingerprint density at radius 2 is 1.93 bits per heavy atom. The Balaban J connectivity index is 1.73. The number of nitrogens with zero attached hydrogens (tertiary/aromatic N) is 1. The van der Waals surface area contributed by atoms with Crippen molar-refractivity contribution in [2.24, 2.45) is 0 Å². The molecule has 1 fully saturated rings. The van der Waals surface area contributed by atoms with Gasteiger partial charge in [0.15, 0.2) is 0 Å². The molecule has 0 spiro atoms. The molecule has 1 atom stereocenters. The third kappa shape index (κ3) is 4.51. The molecule has 0 saturated carbocycles. The van der Waals surface area contributed by atoms with Gasteiger partial charge >= 0.3 is 6.18 Å². The van der Waals surface area contributed by atoms with Crippen LogP contribution >= 0.6 is 0 Å². The minimum absolute atomic E-state index is 0.0328. The van der Waals surface area contributed by atoms with E-state index in [1.54, 1.807) is 18.1 Å². The van der Waals surface area contributed by atoms with Gasteiger partial charge in [-0.25, -0.2) is 0 Å². The molecule has 3 rings (SSSR count). The van der Waals surface area contributed by atoms with Gasteiger partial charge in [0.25, 0.3) is 0 Å². The number of likely N-dealkylation sites (tertiary alicyclic amines) is 1. The number of hydrogen-bond acceptors (Lipinski definition) is 2. The molecule has 1 saturated heterocycles. The lowest BCUT2D eigenvalue weighted by atomic mass is 10.0. The number of carbonyl (C=O) groups is 1. The maximum absolute atomic E-state index is 12.8. The quantitative estimate of drug-likeness (QED) is 0.697. The first-order chi connectivity index (χ1) is 12.9. The summed E-state index contributed by atoms with van der Waals surface area (Å²) in [6.07, 6.45) is 0.121. The van der Waals surface area contributed by atoms with Crippen LogP contribution in [0.25, 0.3) is 6.08 Å². The predicted octanol–water partition coefficient (Wildman–Crippen LogP) is 5.09. The number of hydrogen-bond donors (Lipinski definition) is 0. The predicted molar refractivity (Wildman–Crippen MR) is 97.2 cm³/mol. The molecule has 0 N–H and O–H groups in total. The van der Waals surface area contributed by atoms with E-state index in [9.17, 15) is 18.0 Å². The van der Waals surface area contributed by atoms with E-state index in [0.717, 1.165) is 36.3 Å². The van der Waals surface area contributed by atoms with Crippen molar-refractivity contribution < 1.29 is 22.7 Å². The molecule has 3 nitrogen and oxygen atoms in total. The summed E-state index contributed by atoms with van der Waals surface area (Å²) in [5, 5.41) is 0. The number of benzene rings is 2. The summed E-state index contributed by atoms with van der Waals surface area (Å²) in [6, 6.07) is 12.5. The van der Waals surface area contributed by atoms with E-state index in [1.165, 1.54) is 18.2 Å². The molecule has 1 aliphatic rings. The monoisotopic (exact) mass is 375 g/mol. The van der Waals surface area contributed by atoms with Crippen LogP contribution in [0, 0.1) is 0 Å². The smallest absolute Gasteiger partial charge is 0.416 e. The molecule has 27 heavy (non-hydrogen) atoms. The fraction of sp³-hybridized carbons (Fsp3) is 0.286. The standard InChI is InChI=1S/C21H20F3NO2/c1-27-18-10-8-16(9-11-18)19-6-3-13-25(19)20(26)12-7-15-4-2-5-17(14-15)21(22,23)24/h2,4-5,7-12,14,19H,3,6,13H2,1H3/b12-7+/t19-/m1/s1. The Morgan fingerprint density at radius 1 is 1.19 bits per heavy atom.